The summed E-state index contributed by atoms with van der Waals surface area (Å²) in [5.41, 5.74) is 5.37. The van der Waals surface area contributed by atoms with Gasteiger partial charge in [-0.3, -0.25) is 0 Å². The fourth-order valence-electron chi connectivity index (χ4n) is 1.64. The van der Waals surface area contributed by atoms with Crippen molar-refractivity contribution in [3.63, 3.8) is 0 Å². The lowest BCUT2D eigenvalue weighted by Gasteiger charge is -2.35. The number of β-amino-alcohol motifs (C(OH)–C–C–N with tert-alkyl or cyclic N) is 1. The predicted octanol–water partition coefficient (Wildman–Crippen LogP) is -1.20. The maximum atomic E-state index is 8.58. The molecule has 0 radical (unpaired) electrons. The van der Waals surface area contributed by atoms with E-state index in [2.05, 4.69) is 16.8 Å². The average molecular weight is 187 g/mol. The fourth-order valence-corrected chi connectivity index (χ4v) is 1.64. The van der Waals surface area contributed by atoms with Gasteiger partial charge in [-0.15, -0.1) is 0 Å². The number of rotatable bonds is 1. The summed E-state index contributed by atoms with van der Waals surface area (Å²) in [6.07, 6.45) is -0.0324. The molecule has 2 aliphatic rings. The van der Waals surface area contributed by atoms with E-state index in [1.807, 2.05) is 7.05 Å². The molecule has 4 nitrogen and oxygen atoms in total. The molecule has 0 atom stereocenters. The molecule has 2 heterocycles. The highest BCUT2D eigenvalue weighted by Crippen LogP contribution is 2.09. The quantitative estimate of drug-likeness (QED) is 0.541. The Bertz CT molecular complexity index is 136. The average Bonchev–Trinajstić information content (AvgIpc) is 1.98. The van der Waals surface area contributed by atoms with Crippen LogP contribution in [-0.2, 0) is 0 Å². The van der Waals surface area contributed by atoms with Crippen molar-refractivity contribution in [2.45, 2.75) is 6.10 Å². The molecule has 0 spiro atoms. The topological polar surface area (TPSA) is 52.7 Å². The van der Waals surface area contributed by atoms with Gasteiger partial charge in [0.05, 0.1) is 6.10 Å². The fraction of sp³-hybridized carbons (Fsp3) is 1.00. The van der Waals surface area contributed by atoms with E-state index >= 15 is 0 Å². The third kappa shape index (κ3) is 3.60. The molecule has 2 aliphatic heterocycles. The van der Waals surface area contributed by atoms with Crippen molar-refractivity contribution in [1.82, 2.24) is 9.80 Å². The highest BCUT2D eigenvalue weighted by molar-refractivity contribution is 4.76. The van der Waals surface area contributed by atoms with Crippen LogP contribution in [0.3, 0.4) is 0 Å². The largest absolute Gasteiger partial charge is 0.390 e. The molecule has 0 saturated carbocycles. The second-order valence-corrected chi connectivity index (χ2v) is 4.20. The zero-order valence-corrected chi connectivity index (χ0v) is 8.61. The van der Waals surface area contributed by atoms with Crippen molar-refractivity contribution in [3.05, 3.63) is 0 Å². The SMILES string of the molecule is CN1CC(CN)C1.CN1CC(O)C1. The first-order chi connectivity index (χ1) is 6.11. The molecule has 13 heavy (non-hydrogen) atoms. The van der Waals surface area contributed by atoms with Gasteiger partial charge in [0.1, 0.15) is 0 Å². The Hall–Kier alpha value is -0.160. The van der Waals surface area contributed by atoms with E-state index in [0.29, 0.717) is 0 Å². The predicted molar refractivity (Wildman–Crippen MR) is 53.5 cm³/mol. The van der Waals surface area contributed by atoms with Crippen molar-refractivity contribution >= 4 is 0 Å². The molecule has 78 valence electrons. The van der Waals surface area contributed by atoms with Crippen molar-refractivity contribution in [2.24, 2.45) is 11.7 Å². The van der Waals surface area contributed by atoms with Gasteiger partial charge in [-0.05, 0) is 26.6 Å². The van der Waals surface area contributed by atoms with Crippen molar-refractivity contribution in [2.75, 3.05) is 46.8 Å². The number of likely N-dealkylation sites (N-methyl/N-ethyl adjacent to an activating group) is 1. The van der Waals surface area contributed by atoms with Crippen molar-refractivity contribution in [1.29, 1.82) is 0 Å². The summed E-state index contributed by atoms with van der Waals surface area (Å²) < 4.78 is 0. The van der Waals surface area contributed by atoms with Gasteiger partial charge in [0.2, 0.25) is 0 Å². The number of nitrogens with zero attached hydrogens (tertiary/aromatic N) is 2. The lowest BCUT2D eigenvalue weighted by Crippen LogP contribution is -2.47. The normalized spacial score (nSPS) is 25.8. The summed E-state index contributed by atoms with van der Waals surface area (Å²) in [6.45, 7) is 5.00. The van der Waals surface area contributed by atoms with Gasteiger partial charge in [-0.25, -0.2) is 0 Å². The van der Waals surface area contributed by atoms with Crippen LogP contribution in [0.2, 0.25) is 0 Å². The molecule has 4 heteroatoms. The third-order valence-electron chi connectivity index (χ3n) is 2.52. The van der Waals surface area contributed by atoms with Gasteiger partial charge >= 0.3 is 0 Å². The van der Waals surface area contributed by atoms with Crippen LogP contribution in [0.1, 0.15) is 0 Å². The highest BCUT2D eigenvalue weighted by atomic mass is 16.3. The molecule has 2 saturated heterocycles. The van der Waals surface area contributed by atoms with Crippen LogP contribution in [0.15, 0.2) is 0 Å². The summed E-state index contributed by atoms with van der Waals surface area (Å²) in [5.74, 6) is 0.796. The highest BCUT2D eigenvalue weighted by Gasteiger charge is 2.20. The Kier molecular flexibility index (Phi) is 4.12. The van der Waals surface area contributed by atoms with E-state index in [1.165, 1.54) is 13.1 Å². The number of hydrogen-bond donors (Lipinski definition) is 2. The monoisotopic (exact) mass is 187 g/mol. The van der Waals surface area contributed by atoms with E-state index < -0.39 is 0 Å². The van der Waals surface area contributed by atoms with E-state index in [1.54, 1.807) is 0 Å². The van der Waals surface area contributed by atoms with Crippen LogP contribution in [0.5, 0.6) is 0 Å². The van der Waals surface area contributed by atoms with Crippen LogP contribution < -0.4 is 5.73 Å². The zero-order chi connectivity index (χ0) is 9.84. The van der Waals surface area contributed by atoms with E-state index in [4.69, 9.17) is 10.8 Å². The number of nitrogens with two attached hydrogens (primary N) is 1. The van der Waals surface area contributed by atoms with Crippen LogP contribution in [0.25, 0.3) is 0 Å². The van der Waals surface area contributed by atoms with Crippen LogP contribution >= 0.6 is 0 Å². The number of hydrogen-bond acceptors (Lipinski definition) is 4. The van der Waals surface area contributed by atoms with Crippen LogP contribution in [-0.4, -0.2) is 67.8 Å². The Morgan fingerprint density at radius 2 is 1.62 bits per heavy atom. The minimum Gasteiger partial charge on any atom is -0.390 e. The molecule has 0 unspecified atom stereocenters. The Morgan fingerprint density at radius 1 is 1.15 bits per heavy atom. The first-order valence-corrected chi connectivity index (χ1v) is 4.87. The summed E-state index contributed by atoms with van der Waals surface area (Å²) >= 11 is 0. The van der Waals surface area contributed by atoms with Crippen LogP contribution in [0, 0.1) is 5.92 Å². The first kappa shape index (κ1) is 10.9. The molecule has 2 rings (SSSR count). The summed E-state index contributed by atoms with van der Waals surface area (Å²) in [7, 11) is 4.11. The maximum Gasteiger partial charge on any atom is 0.0793 e. The molecule has 0 aromatic heterocycles. The van der Waals surface area contributed by atoms with E-state index in [-0.39, 0.29) is 6.10 Å². The number of aliphatic hydroxyl groups excluding tert-OH is 1. The third-order valence-corrected chi connectivity index (χ3v) is 2.52. The second-order valence-electron chi connectivity index (χ2n) is 4.20. The summed E-state index contributed by atoms with van der Waals surface area (Å²) in [6, 6.07) is 0. The molecular formula is C9H21N3O. The lowest BCUT2D eigenvalue weighted by atomic mass is 10.0. The summed E-state index contributed by atoms with van der Waals surface area (Å²) in [5, 5.41) is 8.58. The van der Waals surface area contributed by atoms with Crippen LogP contribution in [0.4, 0.5) is 0 Å². The van der Waals surface area contributed by atoms with Crippen molar-refractivity contribution in [3.8, 4) is 0 Å². The number of likely N-dealkylation sites (tertiary alicyclic amines) is 2. The van der Waals surface area contributed by atoms with Gasteiger partial charge in [0, 0.05) is 26.2 Å². The molecule has 0 aliphatic carbocycles. The molecule has 0 amide bonds. The van der Waals surface area contributed by atoms with Gasteiger partial charge in [-0.2, -0.15) is 0 Å². The minimum absolute atomic E-state index is 0.0324. The van der Waals surface area contributed by atoms with Gasteiger partial charge in [0.15, 0.2) is 0 Å². The molecule has 2 fully saturated rings. The molecular weight excluding hydrogens is 166 g/mol. The Morgan fingerprint density at radius 3 is 1.69 bits per heavy atom. The Balaban J connectivity index is 0.000000132. The second kappa shape index (κ2) is 4.91. The van der Waals surface area contributed by atoms with Gasteiger partial charge in [0.25, 0.3) is 0 Å². The maximum absolute atomic E-state index is 8.58. The van der Waals surface area contributed by atoms with Gasteiger partial charge < -0.3 is 20.6 Å². The standard InChI is InChI=1S/C5H12N2.C4H9NO/c1-7-3-5(2-6)4-7;1-5-2-4(6)3-5/h5H,2-4,6H2,1H3;4,6H,2-3H2,1H3. The number of aliphatic hydroxyl groups is 1. The lowest BCUT2D eigenvalue weighted by molar-refractivity contribution is 0.0196. The Labute approximate surface area is 80.3 Å². The van der Waals surface area contributed by atoms with E-state index in [9.17, 15) is 0 Å². The van der Waals surface area contributed by atoms with Crippen molar-refractivity contribution < 1.29 is 5.11 Å². The molecule has 0 bridgehead atoms. The molecule has 0 aromatic carbocycles. The first-order valence-electron chi connectivity index (χ1n) is 4.87. The minimum atomic E-state index is -0.0324. The summed E-state index contributed by atoms with van der Waals surface area (Å²) in [4.78, 5) is 4.35. The molecule has 3 N–H and O–H groups in total. The smallest absolute Gasteiger partial charge is 0.0793 e. The van der Waals surface area contributed by atoms with E-state index in [0.717, 1.165) is 25.6 Å². The zero-order valence-electron chi connectivity index (χ0n) is 8.61. The van der Waals surface area contributed by atoms with Gasteiger partial charge in [-0.1, -0.05) is 0 Å². The molecule has 0 aromatic rings.